The maximum atomic E-state index is 10.0. The second-order valence-corrected chi connectivity index (χ2v) is 5.88. The van der Waals surface area contributed by atoms with E-state index in [0.717, 1.165) is 33.7 Å². The van der Waals surface area contributed by atoms with E-state index in [-0.39, 0.29) is 5.78 Å². The molecule has 0 aliphatic heterocycles. The number of benzene rings is 1. The average Bonchev–Trinajstić information content (AvgIpc) is 2.88. The number of hydrogen-bond acceptors (Lipinski definition) is 4. The van der Waals surface area contributed by atoms with Crippen LogP contribution in [0, 0.1) is 0 Å². The Balaban J connectivity index is 0.000000286. The molecule has 2 rings (SSSR count). The number of nitrogens with two attached hydrogens (primary N) is 1. The summed E-state index contributed by atoms with van der Waals surface area (Å²) in [6.07, 6.45) is 1.63. The Kier molecular flexibility index (Phi) is 7.47. The van der Waals surface area contributed by atoms with Crippen molar-refractivity contribution in [2.24, 2.45) is 0 Å². The van der Waals surface area contributed by atoms with Crippen LogP contribution in [-0.4, -0.2) is 16.1 Å². The van der Waals surface area contributed by atoms with Crippen molar-refractivity contribution in [2.45, 2.75) is 26.7 Å². The molecule has 1 aromatic heterocycles. The number of ketones is 1. The third-order valence-corrected chi connectivity index (χ3v) is 3.87. The van der Waals surface area contributed by atoms with Gasteiger partial charge in [-0.1, -0.05) is 35.0 Å². The summed E-state index contributed by atoms with van der Waals surface area (Å²) in [4.78, 5) is 14.5. The van der Waals surface area contributed by atoms with Crippen molar-refractivity contribution >= 4 is 38.7 Å². The van der Waals surface area contributed by atoms with Gasteiger partial charge in [-0.2, -0.15) is 0 Å². The maximum Gasteiger partial charge on any atom is 0.130 e. The number of para-hydroxylation sites is 1. The zero-order valence-corrected chi connectivity index (χ0v) is 14.1. The van der Waals surface area contributed by atoms with Crippen LogP contribution in [0.5, 0.6) is 0 Å². The quantitative estimate of drug-likeness (QED) is 0.657. The Morgan fingerprint density at radius 3 is 2.55 bits per heavy atom. The molecular weight excluding hydrogens is 336 g/mol. The lowest BCUT2D eigenvalue weighted by Crippen LogP contribution is -1.88. The van der Waals surface area contributed by atoms with Crippen molar-refractivity contribution in [3.8, 4) is 10.6 Å². The third kappa shape index (κ3) is 5.43. The van der Waals surface area contributed by atoms with Gasteiger partial charge in [-0.25, -0.2) is 4.98 Å². The molecule has 108 valence electrons. The molecule has 5 heteroatoms. The molecule has 0 aliphatic carbocycles. The molecule has 0 atom stereocenters. The predicted octanol–water partition coefficient (Wildman–Crippen LogP) is 4.32. The predicted molar refractivity (Wildman–Crippen MR) is 90.4 cm³/mol. The van der Waals surface area contributed by atoms with Gasteiger partial charge in [0.1, 0.15) is 10.8 Å². The zero-order valence-electron chi connectivity index (χ0n) is 11.7. The molecule has 0 unspecified atom stereocenters. The monoisotopic (exact) mass is 354 g/mol. The molecule has 0 aliphatic rings. The lowest BCUT2D eigenvalue weighted by atomic mass is 10.2. The molecule has 0 amide bonds. The molecule has 3 nitrogen and oxygen atoms in total. The van der Waals surface area contributed by atoms with Crippen LogP contribution < -0.4 is 5.73 Å². The van der Waals surface area contributed by atoms with Gasteiger partial charge in [-0.3, -0.25) is 4.79 Å². The summed E-state index contributed by atoms with van der Waals surface area (Å²) < 4.78 is 0. The minimum Gasteiger partial charge on any atom is -0.398 e. The second-order valence-electron chi connectivity index (χ2n) is 4.23. The van der Waals surface area contributed by atoms with Crippen LogP contribution in [0.15, 0.2) is 29.6 Å². The van der Waals surface area contributed by atoms with Gasteiger partial charge in [0.05, 0.1) is 5.69 Å². The highest BCUT2D eigenvalue weighted by Gasteiger charge is 2.05. The molecule has 20 heavy (non-hydrogen) atoms. The van der Waals surface area contributed by atoms with Gasteiger partial charge in [0.15, 0.2) is 0 Å². The Hall–Kier alpha value is -1.20. The normalized spacial score (nSPS) is 9.75. The number of alkyl halides is 1. The summed E-state index contributed by atoms with van der Waals surface area (Å²) in [5.41, 5.74) is 8.84. The first-order chi connectivity index (χ1) is 9.58. The van der Waals surface area contributed by atoms with E-state index < -0.39 is 0 Å². The number of anilines is 1. The number of nitrogen functional groups attached to an aromatic ring is 1. The molecule has 1 heterocycles. The fraction of sp³-hybridized carbons (Fsp3) is 0.333. The number of aryl methyl sites for hydroxylation is 1. The van der Waals surface area contributed by atoms with Crippen molar-refractivity contribution in [1.82, 2.24) is 4.98 Å². The van der Waals surface area contributed by atoms with E-state index in [2.05, 4.69) is 33.2 Å². The molecule has 0 saturated heterocycles. The highest BCUT2D eigenvalue weighted by molar-refractivity contribution is 9.09. The molecule has 1 aromatic carbocycles. The Bertz CT molecular complexity index is 554. The van der Waals surface area contributed by atoms with E-state index >= 15 is 0 Å². The first-order valence-electron chi connectivity index (χ1n) is 6.43. The summed E-state index contributed by atoms with van der Waals surface area (Å²) in [7, 11) is 0. The van der Waals surface area contributed by atoms with Gasteiger partial charge < -0.3 is 5.73 Å². The van der Waals surface area contributed by atoms with E-state index in [1.807, 2.05) is 24.3 Å². The number of hydrogen-bond donors (Lipinski definition) is 1. The zero-order chi connectivity index (χ0) is 15.0. The van der Waals surface area contributed by atoms with Crippen LogP contribution in [0.3, 0.4) is 0 Å². The van der Waals surface area contributed by atoms with Crippen LogP contribution in [0.25, 0.3) is 10.6 Å². The number of nitrogens with zero attached hydrogens (tertiary/aromatic N) is 1. The van der Waals surface area contributed by atoms with Crippen molar-refractivity contribution in [2.75, 3.05) is 11.1 Å². The molecule has 0 fully saturated rings. The number of aromatic nitrogens is 1. The lowest BCUT2D eigenvalue weighted by molar-refractivity contribution is -0.116. The largest absolute Gasteiger partial charge is 0.398 e. The average molecular weight is 355 g/mol. The summed E-state index contributed by atoms with van der Waals surface area (Å²) in [5.74, 6) is 0.242. The number of carbonyl (C=O) groups is 1. The van der Waals surface area contributed by atoms with E-state index in [0.29, 0.717) is 6.42 Å². The smallest absolute Gasteiger partial charge is 0.130 e. The van der Waals surface area contributed by atoms with Gasteiger partial charge in [-0.05, 0) is 25.5 Å². The topological polar surface area (TPSA) is 56.0 Å². The summed E-state index contributed by atoms with van der Waals surface area (Å²) in [6.45, 7) is 3.69. The summed E-state index contributed by atoms with van der Waals surface area (Å²) in [5, 5.41) is 3.89. The number of thiazole rings is 1. The molecular formula is C15H19BrN2OS. The molecule has 0 spiro atoms. The SMILES string of the molecule is CC(=O)CCBr.CCc1csc(-c2ccccc2N)n1. The standard InChI is InChI=1S/C11H12N2S.C4H7BrO/c1-2-8-7-14-11(13-8)9-5-3-4-6-10(9)12;1-4(6)2-3-5/h3-7H,2,12H2,1H3;2-3H2,1H3. The minimum absolute atomic E-state index is 0.242. The molecule has 2 N–H and O–H groups in total. The van der Waals surface area contributed by atoms with Gasteiger partial charge in [0, 0.05) is 28.4 Å². The summed E-state index contributed by atoms with van der Waals surface area (Å²) >= 11 is 4.78. The molecule has 0 saturated carbocycles. The van der Waals surface area contributed by atoms with E-state index in [1.165, 1.54) is 0 Å². The van der Waals surface area contributed by atoms with Gasteiger partial charge in [0.25, 0.3) is 0 Å². The highest BCUT2D eigenvalue weighted by atomic mass is 79.9. The van der Waals surface area contributed by atoms with Crippen LogP contribution >= 0.6 is 27.3 Å². The van der Waals surface area contributed by atoms with Gasteiger partial charge in [-0.15, -0.1) is 11.3 Å². The minimum atomic E-state index is 0.242. The van der Waals surface area contributed by atoms with E-state index in [9.17, 15) is 4.79 Å². The first-order valence-corrected chi connectivity index (χ1v) is 8.43. The second kappa shape index (κ2) is 8.87. The van der Waals surface area contributed by atoms with Gasteiger partial charge >= 0.3 is 0 Å². The van der Waals surface area contributed by atoms with Crippen LogP contribution in [0.1, 0.15) is 26.0 Å². The van der Waals surface area contributed by atoms with Crippen molar-refractivity contribution in [3.63, 3.8) is 0 Å². The van der Waals surface area contributed by atoms with Crippen molar-refractivity contribution < 1.29 is 4.79 Å². The third-order valence-electron chi connectivity index (χ3n) is 2.55. The number of halogens is 1. The van der Waals surface area contributed by atoms with E-state index in [4.69, 9.17) is 5.73 Å². The van der Waals surface area contributed by atoms with E-state index in [1.54, 1.807) is 18.3 Å². The summed E-state index contributed by atoms with van der Waals surface area (Å²) in [6, 6.07) is 7.84. The van der Waals surface area contributed by atoms with Crippen LogP contribution in [0.2, 0.25) is 0 Å². The maximum absolute atomic E-state index is 10.0. The Morgan fingerprint density at radius 2 is 2.10 bits per heavy atom. The Labute approximate surface area is 132 Å². The molecule has 2 aromatic rings. The van der Waals surface area contributed by atoms with Gasteiger partial charge in [0.2, 0.25) is 0 Å². The number of carbonyl (C=O) groups excluding carboxylic acids is 1. The van der Waals surface area contributed by atoms with Crippen LogP contribution in [0.4, 0.5) is 5.69 Å². The number of Topliss-reactive ketones (excluding diaryl/α,β-unsaturated/α-hetero) is 1. The lowest BCUT2D eigenvalue weighted by Gasteiger charge is -1.99. The van der Waals surface area contributed by atoms with Crippen LogP contribution in [-0.2, 0) is 11.2 Å². The Morgan fingerprint density at radius 1 is 1.40 bits per heavy atom. The van der Waals surface area contributed by atoms with Crippen molar-refractivity contribution in [3.05, 3.63) is 35.3 Å². The fourth-order valence-electron chi connectivity index (χ4n) is 1.42. The number of rotatable bonds is 4. The fourth-order valence-corrected chi connectivity index (χ4v) is 2.93. The van der Waals surface area contributed by atoms with Crippen molar-refractivity contribution in [1.29, 1.82) is 0 Å². The molecule has 0 radical (unpaired) electrons. The molecule has 0 bridgehead atoms. The first kappa shape index (κ1) is 16.9. The highest BCUT2D eigenvalue weighted by Crippen LogP contribution is 2.28.